The average molecular weight is 238 g/mol. The Hall–Kier alpha value is -2.29. The number of aromatic nitrogens is 1. The molecule has 3 aromatic rings. The normalized spacial score (nSPS) is 10.8. The monoisotopic (exact) mass is 238 g/mol. The Morgan fingerprint density at radius 2 is 2.00 bits per heavy atom. The lowest BCUT2D eigenvalue weighted by Crippen LogP contribution is -1.85. The second kappa shape index (κ2) is 4.18. The van der Waals surface area contributed by atoms with E-state index in [0.29, 0.717) is 5.89 Å². The molecule has 1 aromatic heterocycles. The Kier molecular flexibility index (Phi) is 2.52. The van der Waals surface area contributed by atoms with Crippen LogP contribution in [0.4, 0.5) is 5.69 Å². The minimum Gasteiger partial charge on any atom is -0.436 e. The Labute approximate surface area is 105 Å². The van der Waals surface area contributed by atoms with Crippen LogP contribution < -0.4 is 5.32 Å². The van der Waals surface area contributed by atoms with Crippen molar-refractivity contribution >= 4 is 16.8 Å². The molecule has 18 heavy (non-hydrogen) atoms. The molecule has 0 bridgehead atoms. The highest BCUT2D eigenvalue weighted by atomic mass is 16.3. The van der Waals surface area contributed by atoms with Crippen LogP contribution in [0.1, 0.15) is 5.56 Å². The fourth-order valence-electron chi connectivity index (χ4n) is 1.98. The van der Waals surface area contributed by atoms with Crippen molar-refractivity contribution < 1.29 is 4.42 Å². The van der Waals surface area contributed by atoms with Crippen LogP contribution in [0.3, 0.4) is 0 Å². The van der Waals surface area contributed by atoms with E-state index in [1.165, 1.54) is 5.56 Å². The zero-order valence-electron chi connectivity index (χ0n) is 10.4. The summed E-state index contributed by atoms with van der Waals surface area (Å²) in [6, 6.07) is 14.1. The Morgan fingerprint density at radius 1 is 1.11 bits per heavy atom. The van der Waals surface area contributed by atoms with E-state index in [1.807, 2.05) is 37.4 Å². The molecular weight excluding hydrogens is 224 g/mol. The summed E-state index contributed by atoms with van der Waals surface area (Å²) in [6.07, 6.45) is 0. The third kappa shape index (κ3) is 1.84. The molecule has 0 radical (unpaired) electrons. The molecule has 0 amide bonds. The molecule has 0 saturated heterocycles. The molecule has 1 heterocycles. The molecule has 0 unspecified atom stereocenters. The van der Waals surface area contributed by atoms with E-state index in [4.69, 9.17) is 4.42 Å². The summed E-state index contributed by atoms with van der Waals surface area (Å²) in [4.78, 5) is 4.51. The maximum Gasteiger partial charge on any atom is 0.227 e. The van der Waals surface area contributed by atoms with Crippen LogP contribution in [-0.2, 0) is 0 Å². The van der Waals surface area contributed by atoms with Gasteiger partial charge in [0.05, 0.1) is 0 Å². The molecule has 3 nitrogen and oxygen atoms in total. The number of rotatable bonds is 2. The van der Waals surface area contributed by atoms with Gasteiger partial charge in [-0.2, -0.15) is 0 Å². The van der Waals surface area contributed by atoms with Crippen LogP contribution in [0, 0.1) is 6.92 Å². The van der Waals surface area contributed by atoms with Gasteiger partial charge in [0.2, 0.25) is 5.89 Å². The molecule has 0 aliphatic heterocycles. The van der Waals surface area contributed by atoms with Crippen LogP contribution in [0.15, 0.2) is 46.9 Å². The maximum atomic E-state index is 5.80. The number of hydrogen-bond donors (Lipinski definition) is 1. The molecule has 2 aromatic carbocycles. The van der Waals surface area contributed by atoms with Gasteiger partial charge in [0.15, 0.2) is 5.58 Å². The van der Waals surface area contributed by atoms with Gasteiger partial charge in [0.1, 0.15) is 5.52 Å². The summed E-state index contributed by atoms with van der Waals surface area (Å²) < 4.78 is 5.80. The van der Waals surface area contributed by atoms with E-state index in [2.05, 4.69) is 29.4 Å². The lowest BCUT2D eigenvalue weighted by molar-refractivity contribution is 0.620. The highest BCUT2D eigenvalue weighted by Crippen LogP contribution is 2.26. The third-order valence-electron chi connectivity index (χ3n) is 2.94. The highest BCUT2D eigenvalue weighted by molar-refractivity contribution is 5.79. The van der Waals surface area contributed by atoms with E-state index in [9.17, 15) is 0 Å². The molecule has 0 aliphatic rings. The molecular formula is C15H14N2O. The van der Waals surface area contributed by atoms with E-state index >= 15 is 0 Å². The molecule has 0 spiro atoms. The maximum absolute atomic E-state index is 5.80. The SMILES string of the molecule is CNc1ccc2nc(-c3cccc(C)c3)oc2c1. The lowest BCUT2D eigenvalue weighted by Gasteiger charge is -1.96. The standard InChI is InChI=1S/C15H14N2O/c1-10-4-3-5-11(8-10)15-17-13-7-6-12(16-2)9-14(13)18-15/h3-9,16H,1-2H3. The first kappa shape index (κ1) is 10.8. The van der Waals surface area contributed by atoms with Crippen molar-refractivity contribution in [2.75, 3.05) is 12.4 Å². The van der Waals surface area contributed by atoms with Crippen LogP contribution >= 0.6 is 0 Å². The number of aryl methyl sites for hydroxylation is 1. The summed E-state index contributed by atoms with van der Waals surface area (Å²) >= 11 is 0. The number of benzene rings is 2. The summed E-state index contributed by atoms with van der Waals surface area (Å²) in [5, 5.41) is 3.09. The molecule has 3 rings (SSSR count). The van der Waals surface area contributed by atoms with E-state index in [-0.39, 0.29) is 0 Å². The van der Waals surface area contributed by atoms with Crippen molar-refractivity contribution in [2.45, 2.75) is 6.92 Å². The van der Waals surface area contributed by atoms with Gasteiger partial charge in [-0.05, 0) is 31.2 Å². The van der Waals surface area contributed by atoms with Crippen molar-refractivity contribution in [1.29, 1.82) is 0 Å². The molecule has 0 aliphatic carbocycles. The fraction of sp³-hybridized carbons (Fsp3) is 0.133. The van der Waals surface area contributed by atoms with Gasteiger partial charge in [-0.1, -0.05) is 17.7 Å². The third-order valence-corrected chi connectivity index (χ3v) is 2.94. The molecule has 3 heteroatoms. The smallest absolute Gasteiger partial charge is 0.227 e. The molecule has 0 fully saturated rings. The molecule has 90 valence electrons. The minimum absolute atomic E-state index is 0.668. The Bertz CT molecular complexity index is 701. The summed E-state index contributed by atoms with van der Waals surface area (Å²) in [5.74, 6) is 0.668. The predicted molar refractivity (Wildman–Crippen MR) is 73.7 cm³/mol. The van der Waals surface area contributed by atoms with Crippen LogP contribution in [-0.4, -0.2) is 12.0 Å². The molecule has 0 saturated carbocycles. The van der Waals surface area contributed by atoms with E-state index < -0.39 is 0 Å². The van der Waals surface area contributed by atoms with Crippen LogP contribution in [0.5, 0.6) is 0 Å². The zero-order chi connectivity index (χ0) is 12.5. The highest BCUT2D eigenvalue weighted by Gasteiger charge is 2.08. The Balaban J connectivity index is 2.13. The summed E-state index contributed by atoms with van der Waals surface area (Å²) in [5.41, 5.74) is 4.92. The zero-order valence-corrected chi connectivity index (χ0v) is 10.4. The summed E-state index contributed by atoms with van der Waals surface area (Å²) in [6.45, 7) is 2.06. The van der Waals surface area contributed by atoms with Gasteiger partial charge in [-0.15, -0.1) is 0 Å². The Morgan fingerprint density at radius 3 is 2.78 bits per heavy atom. The van der Waals surface area contributed by atoms with Gasteiger partial charge >= 0.3 is 0 Å². The van der Waals surface area contributed by atoms with Crippen LogP contribution in [0.25, 0.3) is 22.6 Å². The average Bonchev–Trinajstić information content (AvgIpc) is 2.81. The fourth-order valence-corrected chi connectivity index (χ4v) is 1.98. The van der Waals surface area contributed by atoms with Crippen LogP contribution in [0.2, 0.25) is 0 Å². The summed E-state index contributed by atoms with van der Waals surface area (Å²) in [7, 11) is 1.89. The van der Waals surface area contributed by atoms with Crippen molar-refractivity contribution in [2.24, 2.45) is 0 Å². The van der Waals surface area contributed by atoms with Gasteiger partial charge in [-0.25, -0.2) is 4.98 Å². The van der Waals surface area contributed by atoms with Crippen molar-refractivity contribution in [1.82, 2.24) is 4.98 Å². The number of hydrogen-bond acceptors (Lipinski definition) is 3. The topological polar surface area (TPSA) is 38.1 Å². The minimum atomic E-state index is 0.668. The van der Waals surface area contributed by atoms with Gasteiger partial charge in [0.25, 0.3) is 0 Å². The molecule has 0 atom stereocenters. The van der Waals surface area contributed by atoms with Gasteiger partial charge in [0, 0.05) is 24.4 Å². The van der Waals surface area contributed by atoms with Gasteiger partial charge < -0.3 is 9.73 Å². The second-order valence-corrected chi connectivity index (χ2v) is 4.32. The number of oxazole rings is 1. The number of anilines is 1. The van der Waals surface area contributed by atoms with Gasteiger partial charge in [-0.3, -0.25) is 0 Å². The number of fused-ring (bicyclic) bond motifs is 1. The van der Waals surface area contributed by atoms with E-state index in [1.54, 1.807) is 0 Å². The first-order valence-electron chi connectivity index (χ1n) is 5.91. The predicted octanol–water partition coefficient (Wildman–Crippen LogP) is 3.84. The molecule has 1 N–H and O–H groups in total. The largest absolute Gasteiger partial charge is 0.436 e. The second-order valence-electron chi connectivity index (χ2n) is 4.32. The van der Waals surface area contributed by atoms with E-state index in [0.717, 1.165) is 22.4 Å². The number of nitrogens with zero attached hydrogens (tertiary/aromatic N) is 1. The lowest BCUT2D eigenvalue weighted by atomic mass is 10.1. The number of nitrogens with one attached hydrogen (secondary N) is 1. The van der Waals surface area contributed by atoms with Crippen molar-refractivity contribution in [3.8, 4) is 11.5 Å². The first-order valence-corrected chi connectivity index (χ1v) is 5.91. The quantitative estimate of drug-likeness (QED) is 0.737. The van der Waals surface area contributed by atoms with Crippen molar-refractivity contribution in [3.63, 3.8) is 0 Å². The van der Waals surface area contributed by atoms with Crippen molar-refractivity contribution in [3.05, 3.63) is 48.0 Å². The first-order chi connectivity index (χ1) is 8.76.